The predicted octanol–water partition coefficient (Wildman–Crippen LogP) is 2.27. The quantitative estimate of drug-likeness (QED) is 0.787. The van der Waals surface area contributed by atoms with Crippen molar-refractivity contribution in [1.29, 1.82) is 0 Å². The summed E-state index contributed by atoms with van der Waals surface area (Å²) in [6.45, 7) is 4.26. The summed E-state index contributed by atoms with van der Waals surface area (Å²) in [5.41, 5.74) is 0.929. The summed E-state index contributed by atoms with van der Waals surface area (Å²) in [5, 5.41) is 2.69. The van der Waals surface area contributed by atoms with E-state index in [2.05, 4.69) is 5.32 Å². The molecule has 0 radical (unpaired) electrons. The molecule has 0 aromatic heterocycles. The second kappa shape index (κ2) is 4.74. The highest BCUT2D eigenvalue weighted by Crippen LogP contribution is 2.08. The Bertz CT molecular complexity index is 336. The van der Waals surface area contributed by atoms with Crippen LogP contribution in [0.4, 0.5) is 4.39 Å². The lowest BCUT2D eigenvalue weighted by molar-refractivity contribution is 0.0953. The number of hydrogen-bond donors (Lipinski definition) is 1. The second-order valence-corrected chi connectivity index (χ2v) is 3.22. The zero-order valence-corrected chi connectivity index (χ0v) is 8.43. The average Bonchev–Trinajstić information content (AvgIpc) is 2.18. The smallest absolute Gasteiger partial charge is 0.251 e. The lowest BCUT2D eigenvalue weighted by Crippen LogP contribution is -2.24. The fourth-order valence-corrected chi connectivity index (χ4v) is 1.07. The Balaban J connectivity index is 2.76. The maximum absolute atomic E-state index is 13.1. The minimum absolute atomic E-state index is 0.217. The molecule has 1 amide bonds. The Morgan fingerprint density at radius 3 is 2.79 bits per heavy atom. The first kappa shape index (κ1) is 10.7. The van der Waals surface area contributed by atoms with Gasteiger partial charge in [0.1, 0.15) is 5.82 Å². The first-order valence-electron chi connectivity index (χ1n) is 4.69. The van der Waals surface area contributed by atoms with Gasteiger partial charge in [-0.15, -0.1) is 0 Å². The molecule has 0 atom stereocenters. The molecule has 0 spiro atoms. The van der Waals surface area contributed by atoms with Crippen molar-refractivity contribution in [3.8, 4) is 0 Å². The highest BCUT2D eigenvalue weighted by Gasteiger charge is 2.06. The van der Waals surface area contributed by atoms with E-state index in [1.54, 1.807) is 19.1 Å². The van der Waals surface area contributed by atoms with Crippen molar-refractivity contribution in [2.45, 2.75) is 20.3 Å². The summed E-state index contributed by atoms with van der Waals surface area (Å²) in [6, 6.07) is 4.50. The van der Waals surface area contributed by atoms with Gasteiger partial charge in [0.05, 0.1) is 0 Å². The SMILES string of the molecule is CCCNC(=O)c1ccc(C)c(F)c1. The van der Waals surface area contributed by atoms with Gasteiger partial charge in [-0.25, -0.2) is 4.39 Å². The van der Waals surface area contributed by atoms with Crippen LogP contribution in [0.3, 0.4) is 0 Å². The lowest BCUT2D eigenvalue weighted by Gasteiger charge is -2.04. The van der Waals surface area contributed by atoms with Crippen molar-refractivity contribution in [1.82, 2.24) is 5.32 Å². The number of carbonyl (C=O) groups is 1. The molecule has 3 heteroatoms. The molecule has 1 aromatic rings. The van der Waals surface area contributed by atoms with Crippen LogP contribution in [0.15, 0.2) is 18.2 Å². The molecule has 0 fully saturated rings. The number of rotatable bonds is 3. The van der Waals surface area contributed by atoms with Crippen LogP contribution in [0.25, 0.3) is 0 Å². The topological polar surface area (TPSA) is 29.1 Å². The van der Waals surface area contributed by atoms with Crippen LogP contribution in [-0.2, 0) is 0 Å². The van der Waals surface area contributed by atoms with Crippen molar-refractivity contribution in [2.75, 3.05) is 6.54 Å². The van der Waals surface area contributed by atoms with Crippen LogP contribution in [-0.4, -0.2) is 12.5 Å². The van der Waals surface area contributed by atoms with Gasteiger partial charge < -0.3 is 5.32 Å². The van der Waals surface area contributed by atoms with Gasteiger partial charge in [-0.1, -0.05) is 13.0 Å². The number of halogens is 1. The number of hydrogen-bond acceptors (Lipinski definition) is 1. The maximum Gasteiger partial charge on any atom is 0.251 e. The first-order chi connectivity index (χ1) is 6.65. The predicted molar refractivity (Wildman–Crippen MR) is 53.8 cm³/mol. The fourth-order valence-electron chi connectivity index (χ4n) is 1.07. The molecule has 0 aliphatic rings. The molecule has 0 unspecified atom stereocenters. The summed E-state index contributed by atoms with van der Waals surface area (Å²) in [4.78, 5) is 11.4. The Hall–Kier alpha value is -1.38. The zero-order chi connectivity index (χ0) is 10.6. The van der Waals surface area contributed by atoms with Crippen molar-refractivity contribution in [3.63, 3.8) is 0 Å². The number of nitrogens with one attached hydrogen (secondary N) is 1. The van der Waals surface area contributed by atoms with Gasteiger partial charge >= 0.3 is 0 Å². The first-order valence-corrected chi connectivity index (χ1v) is 4.69. The number of amides is 1. The van der Waals surface area contributed by atoms with E-state index in [0.717, 1.165) is 6.42 Å². The van der Waals surface area contributed by atoms with Gasteiger partial charge in [-0.2, -0.15) is 0 Å². The third kappa shape index (κ3) is 2.55. The molecular formula is C11H14FNO. The van der Waals surface area contributed by atoms with E-state index >= 15 is 0 Å². The minimum atomic E-state index is -0.339. The third-order valence-corrected chi connectivity index (χ3v) is 1.97. The van der Waals surface area contributed by atoms with Crippen molar-refractivity contribution in [3.05, 3.63) is 35.1 Å². The zero-order valence-electron chi connectivity index (χ0n) is 8.43. The Labute approximate surface area is 83.1 Å². The average molecular weight is 195 g/mol. The van der Waals surface area contributed by atoms with E-state index in [9.17, 15) is 9.18 Å². The maximum atomic E-state index is 13.1. The summed E-state index contributed by atoms with van der Waals surface area (Å²) in [5.74, 6) is -0.556. The Morgan fingerprint density at radius 1 is 1.50 bits per heavy atom. The largest absolute Gasteiger partial charge is 0.352 e. The molecule has 0 aliphatic carbocycles. The number of aryl methyl sites for hydroxylation is 1. The number of benzene rings is 1. The molecular weight excluding hydrogens is 181 g/mol. The van der Waals surface area contributed by atoms with E-state index in [1.807, 2.05) is 6.92 Å². The van der Waals surface area contributed by atoms with Crippen LogP contribution in [0.2, 0.25) is 0 Å². The van der Waals surface area contributed by atoms with Gasteiger partial charge in [0.15, 0.2) is 0 Å². The standard InChI is InChI=1S/C11H14FNO/c1-3-6-13-11(14)9-5-4-8(2)10(12)7-9/h4-5,7H,3,6H2,1-2H3,(H,13,14). The van der Waals surface area contributed by atoms with E-state index in [0.29, 0.717) is 17.7 Å². The summed E-state index contributed by atoms with van der Waals surface area (Å²) < 4.78 is 13.1. The van der Waals surface area contributed by atoms with Gasteiger partial charge in [0.2, 0.25) is 0 Å². The molecule has 0 heterocycles. The van der Waals surface area contributed by atoms with Gasteiger partial charge in [-0.3, -0.25) is 4.79 Å². The summed E-state index contributed by atoms with van der Waals surface area (Å²) >= 11 is 0. The second-order valence-electron chi connectivity index (χ2n) is 3.22. The fraction of sp³-hybridized carbons (Fsp3) is 0.364. The van der Waals surface area contributed by atoms with Crippen LogP contribution in [0.5, 0.6) is 0 Å². The molecule has 0 aliphatic heterocycles. The molecule has 1 N–H and O–H groups in total. The highest BCUT2D eigenvalue weighted by molar-refractivity contribution is 5.94. The highest BCUT2D eigenvalue weighted by atomic mass is 19.1. The Morgan fingerprint density at radius 2 is 2.21 bits per heavy atom. The molecule has 0 bridgehead atoms. The van der Waals surface area contributed by atoms with E-state index in [1.165, 1.54) is 6.07 Å². The van der Waals surface area contributed by atoms with Gasteiger partial charge in [-0.05, 0) is 31.0 Å². The minimum Gasteiger partial charge on any atom is -0.352 e. The molecule has 76 valence electrons. The summed E-state index contributed by atoms with van der Waals surface area (Å²) in [6.07, 6.45) is 0.875. The molecule has 0 saturated heterocycles. The number of carbonyl (C=O) groups excluding carboxylic acids is 1. The normalized spacial score (nSPS) is 9.93. The van der Waals surface area contributed by atoms with Gasteiger partial charge in [0, 0.05) is 12.1 Å². The van der Waals surface area contributed by atoms with Gasteiger partial charge in [0.25, 0.3) is 5.91 Å². The van der Waals surface area contributed by atoms with Crippen LogP contribution < -0.4 is 5.32 Å². The molecule has 1 aromatic carbocycles. The molecule has 14 heavy (non-hydrogen) atoms. The summed E-state index contributed by atoms with van der Waals surface area (Å²) in [7, 11) is 0. The third-order valence-electron chi connectivity index (χ3n) is 1.97. The van der Waals surface area contributed by atoms with E-state index in [-0.39, 0.29) is 11.7 Å². The van der Waals surface area contributed by atoms with Crippen LogP contribution >= 0.6 is 0 Å². The van der Waals surface area contributed by atoms with Crippen molar-refractivity contribution in [2.24, 2.45) is 0 Å². The Kier molecular flexibility index (Phi) is 3.63. The van der Waals surface area contributed by atoms with E-state index in [4.69, 9.17) is 0 Å². The van der Waals surface area contributed by atoms with Crippen molar-refractivity contribution < 1.29 is 9.18 Å². The molecule has 2 nitrogen and oxygen atoms in total. The lowest BCUT2D eigenvalue weighted by atomic mass is 10.1. The monoisotopic (exact) mass is 195 g/mol. The van der Waals surface area contributed by atoms with Crippen LogP contribution in [0.1, 0.15) is 29.3 Å². The van der Waals surface area contributed by atoms with Crippen LogP contribution in [0, 0.1) is 12.7 Å². The molecule has 1 rings (SSSR count). The molecule has 0 saturated carbocycles. The van der Waals surface area contributed by atoms with E-state index < -0.39 is 0 Å². The van der Waals surface area contributed by atoms with Crippen molar-refractivity contribution >= 4 is 5.91 Å².